The van der Waals surface area contributed by atoms with Crippen molar-refractivity contribution in [1.29, 1.82) is 0 Å². The highest BCUT2D eigenvalue weighted by molar-refractivity contribution is 5.56. The van der Waals surface area contributed by atoms with Crippen molar-refractivity contribution in [2.75, 3.05) is 31.1 Å². The third kappa shape index (κ3) is 2.21. The van der Waals surface area contributed by atoms with E-state index in [1.807, 2.05) is 12.1 Å². The Kier molecular flexibility index (Phi) is 3.31. The Morgan fingerprint density at radius 1 is 1.19 bits per heavy atom. The first kappa shape index (κ1) is 13.1. The van der Waals surface area contributed by atoms with Crippen LogP contribution in [0.2, 0.25) is 0 Å². The first-order chi connectivity index (χ1) is 10.4. The summed E-state index contributed by atoms with van der Waals surface area (Å²) < 4.78 is 2.13. The number of hydrogen-bond acceptors (Lipinski definition) is 4. The lowest BCUT2D eigenvalue weighted by Gasteiger charge is -2.26. The van der Waals surface area contributed by atoms with Gasteiger partial charge in [0, 0.05) is 38.4 Å². The number of rotatable bonds is 2. The molecule has 0 aliphatic carbocycles. The van der Waals surface area contributed by atoms with E-state index in [0.29, 0.717) is 12.6 Å². The Bertz CT molecular complexity index is 635. The molecule has 2 aromatic heterocycles. The lowest BCUT2D eigenvalue weighted by atomic mass is 10.2. The van der Waals surface area contributed by atoms with Crippen LogP contribution in [0, 0.1) is 0 Å². The van der Waals surface area contributed by atoms with Gasteiger partial charge in [-0.2, -0.15) is 0 Å². The number of imidazole rings is 1. The highest BCUT2D eigenvalue weighted by Crippen LogP contribution is 2.27. The molecular formula is C16H23N5. The number of hydrogen-bond donors (Lipinski definition) is 1. The standard InChI is InChI=1S/C16H23N5/c17-11-14-16(18-15-6-1-2-10-21(14)15)20-9-4-8-19-7-3-5-13(19)12-20/h1-2,6,10,13H,3-5,7-9,11-12,17H2. The summed E-state index contributed by atoms with van der Waals surface area (Å²) in [5, 5.41) is 0. The van der Waals surface area contributed by atoms with Gasteiger partial charge in [0.25, 0.3) is 0 Å². The maximum absolute atomic E-state index is 6.02. The molecule has 2 aliphatic rings. The second kappa shape index (κ2) is 5.31. The Morgan fingerprint density at radius 2 is 2.10 bits per heavy atom. The van der Waals surface area contributed by atoms with Gasteiger partial charge in [0.05, 0.1) is 5.69 Å². The molecule has 2 fully saturated rings. The van der Waals surface area contributed by atoms with Crippen LogP contribution in [0.5, 0.6) is 0 Å². The van der Waals surface area contributed by atoms with Crippen LogP contribution in [-0.4, -0.2) is 46.5 Å². The normalized spacial score (nSPS) is 23.5. The lowest BCUT2D eigenvalue weighted by Crippen LogP contribution is -2.37. The van der Waals surface area contributed by atoms with Crippen molar-refractivity contribution in [3.05, 3.63) is 30.1 Å². The number of fused-ring (bicyclic) bond motifs is 2. The third-order valence-corrected chi connectivity index (χ3v) is 4.90. The summed E-state index contributed by atoms with van der Waals surface area (Å²) in [5.74, 6) is 1.09. The summed E-state index contributed by atoms with van der Waals surface area (Å²) in [6.45, 7) is 5.21. The minimum absolute atomic E-state index is 0.533. The van der Waals surface area contributed by atoms with Crippen LogP contribution in [0.3, 0.4) is 0 Å². The minimum atomic E-state index is 0.533. The van der Waals surface area contributed by atoms with Gasteiger partial charge in [0.1, 0.15) is 5.65 Å². The van der Waals surface area contributed by atoms with Gasteiger partial charge in [-0.25, -0.2) is 4.98 Å². The van der Waals surface area contributed by atoms with E-state index in [4.69, 9.17) is 10.7 Å². The number of nitrogens with zero attached hydrogens (tertiary/aromatic N) is 4. The fourth-order valence-corrected chi connectivity index (χ4v) is 3.88. The highest BCUT2D eigenvalue weighted by Gasteiger charge is 2.30. The molecule has 5 nitrogen and oxygen atoms in total. The molecule has 0 radical (unpaired) electrons. The topological polar surface area (TPSA) is 49.8 Å². The molecule has 0 amide bonds. The third-order valence-electron chi connectivity index (χ3n) is 4.90. The summed E-state index contributed by atoms with van der Waals surface area (Å²) in [4.78, 5) is 9.97. The number of pyridine rings is 1. The van der Waals surface area contributed by atoms with Crippen LogP contribution in [0.4, 0.5) is 5.82 Å². The average molecular weight is 285 g/mol. The zero-order valence-corrected chi connectivity index (χ0v) is 12.4. The monoisotopic (exact) mass is 285 g/mol. The van der Waals surface area contributed by atoms with Crippen molar-refractivity contribution < 1.29 is 0 Å². The molecule has 2 aliphatic heterocycles. The van der Waals surface area contributed by atoms with Crippen molar-refractivity contribution in [3.8, 4) is 0 Å². The second-order valence-electron chi connectivity index (χ2n) is 6.15. The van der Waals surface area contributed by atoms with Crippen LogP contribution < -0.4 is 10.6 Å². The molecule has 4 heterocycles. The maximum atomic E-state index is 6.02. The molecule has 0 bridgehead atoms. The molecule has 2 saturated heterocycles. The van der Waals surface area contributed by atoms with Crippen LogP contribution in [0.15, 0.2) is 24.4 Å². The van der Waals surface area contributed by atoms with E-state index >= 15 is 0 Å². The Hall–Kier alpha value is -1.59. The summed E-state index contributed by atoms with van der Waals surface area (Å²) in [7, 11) is 0. The van der Waals surface area contributed by atoms with Crippen LogP contribution >= 0.6 is 0 Å². The largest absolute Gasteiger partial charge is 0.353 e. The van der Waals surface area contributed by atoms with E-state index in [-0.39, 0.29) is 0 Å². The average Bonchev–Trinajstić information content (AvgIpc) is 3.05. The van der Waals surface area contributed by atoms with Gasteiger partial charge in [-0.3, -0.25) is 4.90 Å². The van der Waals surface area contributed by atoms with Crippen molar-refractivity contribution in [2.45, 2.75) is 31.8 Å². The predicted molar refractivity (Wildman–Crippen MR) is 84.5 cm³/mol. The molecule has 0 aromatic carbocycles. The zero-order chi connectivity index (χ0) is 14.2. The molecule has 1 unspecified atom stereocenters. The minimum Gasteiger partial charge on any atom is -0.353 e. The van der Waals surface area contributed by atoms with Gasteiger partial charge in [0.15, 0.2) is 5.82 Å². The number of aromatic nitrogens is 2. The fourth-order valence-electron chi connectivity index (χ4n) is 3.88. The van der Waals surface area contributed by atoms with Gasteiger partial charge in [-0.15, -0.1) is 0 Å². The first-order valence-corrected chi connectivity index (χ1v) is 8.02. The molecule has 1 atom stereocenters. The van der Waals surface area contributed by atoms with Gasteiger partial charge >= 0.3 is 0 Å². The SMILES string of the molecule is NCc1c(N2CCCN3CCCC3C2)nc2ccccn12. The van der Waals surface area contributed by atoms with E-state index < -0.39 is 0 Å². The molecular weight excluding hydrogens is 262 g/mol. The summed E-state index contributed by atoms with van der Waals surface area (Å²) in [6.07, 6.45) is 5.94. The van der Waals surface area contributed by atoms with Crippen molar-refractivity contribution in [2.24, 2.45) is 5.73 Å². The summed E-state index contributed by atoms with van der Waals surface area (Å²) in [5.41, 5.74) is 8.15. The molecule has 5 heteroatoms. The number of anilines is 1. The van der Waals surface area contributed by atoms with E-state index in [1.54, 1.807) is 0 Å². The van der Waals surface area contributed by atoms with E-state index in [9.17, 15) is 0 Å². The molecule has 2 N–H and O–H groups in total. The first-order valence-electron chi connectivity index (χ1n) is 8.02. The predicted octanol–water partition coefficient (Wildman–Crippen LogP) is 1.47. The Balaban J connectivity index is 1.71. The molecule has 21 heavy (non-hydrogen) atoms. The quantitative estimate of drug-likeness (QED) is 0.908. The van der Waals surface area contributed by atoms with Crippen molar-refractivity contribution >= 4 is 11.5 Å². The van der Waals surface area contributed by atoms with Gasteiger partial charge < -0.3 is 15.0 Å². The summed E-state index contributed by atoms with van der Waals surface area (Å²) in [6, 6.07) is 6.83. The zero-order valence-electron chi connectivity index (χ0n) is 12.4. The van der Waals surface area contributed by atoms with Crippen LogP contribution in [0.25, 0.3) is 5.65 Å². The molecule has 2 aromatic rings. The lowest BCUT2D eigenvalue weighted by molar-refractivity contribution is 0.273. The van der Waals surface area contributed by atoms with Gasteiger partial charge in [-0.1, -0.05) is 6.07 Å². The molecule has 0 spiro atoms. The van der Waals surface area contributed by atoms with E-state index in [0.717, 1.165) is 30.2 Å². The van der Waals surface area contributed by atoms with E-state index in [1.165, 1.54) is 32.4 Å². The molecule has 4 rings (SSSR count). The molecule has 112 valence electrons. The van der Waals surface area contributed by atoms with E-state index in [2.05, 4.69) is 26.5 Å². The smallest absolute Gasteiger partial charge is 0.152 e. The van der Waals surface area contributed by atoms with Crippen LogP contribution in [0.1, 0.15) is 25.0 Å². The van der Waals surface area contributed by atoms with Crippen LogP contribution in [-0.2, 0) is 6.54 Å². The van der Waals surface area contributed by atoms with Crippen molar-refractivity contribution in [1.82, 2.24) is 14.3 Å². The van der Waals surface area contributed by atoms with Gasteiger partial charge in [0.2, 0.25) is 0 Å². The maximum Gasteiger partial charge on any atom is 0.152 e. The Morgan fingerprint density at radius 3 is 3.00 bits per heavy atom. The highest BCUT2D eigenvalue weighted by atomic mass is 15.3. The number of nitrogens with two attached hydrogens (primary N) is 1. The fraction of sp³-hybridized carbons (Fsp3) is 0.562. The van der Waals surface area contributed by atoms with Gasteiger partial charge in [-0.05, 0) is 37.9 Å². The second-order valence-corrected chi connectivity index (χ2v) is 6.15. The van der Waals surface area contributed by atoms with Crippen molar-refractivity contribution in [3.63, 3.8) is 0 Å². The summed E-state index contributed by atoms with van der Waals surface area (Å²) >= 11 is 0. The Labute approximate surface area is 125 Å². The molecule has 0 saturated carbocycles.